The molecule has 2 aliphatic heterocycles. The van der Waals surface area contributed by atoms with Crippen LogP contribution in [0.15, 0.2) is 33.6 Å². The number of benzene rings is 1. The molecule has 2 aliphatic rings. The third-order valence-electron chi connectivity index (χ3n) is 3.90. The van der Waals surface area contributed by atoms with E-state index in [1.807, 2.05) is 6.07 Å². The molecule has 2 fully saturated rings. The summed E-state index contributed by atoms with van der Waals surface area (Å²) in [5.41, 5.74) is 0. The number of fused-ring (bicyclic) bond motifs is 2. The van der Waals surface area contributed by atoms with Crippen molar-refractivity contribution in [3.8, 4) is 0 Å². The average Bonchev–Trinajstić information content (AvgIpc) is 2.68. The molecule has 2 atom stereocenters. The molecule has 1 aromatic carbocycles. The molecule has 0 amide bonds. The quantitative estimate of drug-likeness (QED) is 0.881. The van der Waals surface area contributed by atoms with Crippen molar-refractivity contribution in [2.45, 2.75) is 48.7 Å². The van der Waals surface area contributed by atoms with Crippen LogP contribution in [-0.2, 0) is 10.0 Å². The third-order valence-corrected chi connectivity index (χ3v) is 5.91. The van der Waals surface area contributed by atoms with E-state index in [9.17, 15) is 8.42 Å². The molecule has 0 aromatic heterocycles. The van der Waals surface area contributed by atoms with Gasteiger partial charge in [0, 0.05) is 22.6 Å². The number of nitrogens with one attached hydrogen (secondary N) is 2. The van der Waals surface area contributed by atoms with Gasteiger partial charge in [0.05, 0.1) is 4.90 Å². The van der Waals surface area contributed by atoms with Crippen LogP contribution in [0, 0.1) is 0 Å². The van der Waals surface area contributed by atoms with E-state index in [0.717, 1.165) is 17.3 Å². The summed E-state index contributed by atoms with van der Waals surface area (Å²) >= 11 is 3.31. The molecule has 2 unspecified atom stereocenters. The topological polar surface area (TPSA) is 58.2 Å². The van der Waals surface area contributed by atoms with Crippen LogP contribution in [0.4, 0.5) is 0 Å². The summed E-state index contributed by atoms with van der Waals surface area (Å²) < 4.78 is 28.3. The summed E-state index contributed by atoms with van der Waals surface area (Å²) in [5.74, 6) is 0. The number of halogens is 1. The zero-order chi connectivity index (χ0) is 13.5. The highest BCUT2D eigenvalue weighted by atomic mass is 79.9. The monoisotopic (exact) mass is 344 g/mol. The maximum atomic E-state index is 12.3. The van der Waals surface area contributed by atoms with Crippen LogP contribution in [-0.4, -0.2) is 26.5 Å². The number of hydrogen-bond acceptors (Lipinski definition) is 3. The van der Waals surface area contributed by atoms with Crippen molar-refractivity contribution in [2.75, 3.05) is 0 Å². The Morgan fingerprint density at radius 3 is 2.53 bits per heavy atom. The van der Waals surface area contributed by atoms with E-state index in [1.165, 1.54) is 12.8 Å². The summed E-state index contributed by atoms with van der Waals surface area (Å²) in [7, 11) is -3.41. The van der Waals surface area contributed by atoms with Gasteiger partial charge in [-0.25, -0.2) is 13.1 Å². The first kappa shape index (κ1) is 13.5. The first-order valence-corrected chi connectivity index (χ1v) is 8.84. The van der Waals surface area contributed by atoms with Crippen molar-refractivity contribution in [2.24, 2.45) is 0 Å². The highest BCUT2D eigenvalue weighted by Gasteiger charge is 2.35. The summed E-state index contributed by atoms with van der Waals surface area (Å²) in [4.78, 5) is 0.327. The lowest BCUT2D eigenvalue weighted by Gasteiger charge is -2.29. The SMILES string of the molecule is O=S(=O)(NC1CC2CCC(C1)N2)c1cccc(Br)c1. The Kier molecular flexibility index (Phi) is 3.68. The molecule has 0 spiro atoms. The van der Waals surface area contributed by atoms with Crippen LogP contribution in [0.25, 0.3) is 0 Å². The first-order chi connectivity index (χ1) is 9.03. The van der Waals surface area contributed by atoms with Crippen LogP contribution in [0.3, 0.4) is 0 Å². The van der Waals surface area contributed by atoms with Gasteiger partial charge in [-0.3, -0.25) is 0 Å². The Balaban J connectivity index is 1.75. The number of piperidine rings is 1. The molecule has 2 bridgehead atoms. The largest absolute Gasteiger partial charge is 0.311 e. The van der Waals surface area contributed by atoms with E-state index in [1.54, 1.807) is 18.2 Å². The van der Waals surface area contributed by atoms with Crippen molar-refractivity contribution >= 4 is 26.0 Å². The Morgan fingerprint density at radius 1 is 1.21 bits per heavy atom. The van der Waals surface area contributed by atoms with Crippen molar-refractivity contribution in [1.82, 2.24) is 10.0 Å². The van der Waals surface area contributed by atoms with Crippen molar-refractivity contribution in [3.05, 3.63) is 28.7 Å². The lowest BCUT2D eigenvalue weighted by atomic mass is 10.0. The predicted molar refractivity (Wildman–Crippen MR) is 77.4 cm³/mol. The predicted octanol–water partition coefficient (Wildman–Crippen LogP) is 2.01. The molecule has 2 saturated heterocycles. The van der Waals surface area contributed by atoms with Gasteiger partial charge in [0.2, 0.25) is 10.0 Å². The lowest BCUT2D eigenvalue weighted by Crippen LogP contribution is -2.47. The van der Waals surface area contributed by atoms with E-state index < -0.39 is 10.0 Å². The fraction of sp³-hybridized carbons (Fsp3) is 0.538. The standard InChI is InChI=1S/C13H17BrN2O2S/c14-9-2-1-3-13(6-9)19(17,18)16-12-7-10-4-5-11(8-12)15-10/h1-3,6,10-12,15-16H,4-5,7-8H2. The van der Waals surface area contributed by atoms with Crippen LogP contribution >= 0.6 is 15.9 Å². The third kappa shape index (κ3) is 3.02. The first-order valence-electron chi connectivity index (χ1n) is 6.57. The van der Waals surface area contributed by atoms with Crippen LogP contribution < -0.4 is 10.0 Å². The molecule has 6 heteroatoms. The molecular weight excluding hydrogens is 328 g/mol. The Hall–Kier alpha value is -0.430. The van der Waals surface area contributed by atoms with Gasteiger partial charge in [0.1, 0.15) is 0 Å². The minimum Gasteiger partial charge on any atom is -0.311 e. The van der Waals surface area contributed by atoms with Gasteiger partial charge in [0.25, 0.3) is 0 Å². The van der Waals surface area contributed by atoms with E-state index in [4.69, 9.17) is 0 Å². The number of hydrogen-bond donors (Lipinski definition) is 2. The van der Waals surface area contributed by atoms with Gasteiger partial charge in [-0.15, -0.1) is 0 Å². The van der Waals surface area contributed by atoms with Crippen molar-refractivity contribution in [3.63, 3.8) is 0 Å². The number of rotatable bonds is 3. The molecule has 1 aromatic rings. The van der Waals surface area contributed by atoms with Crippen molar-refractivity contribution in [1.29, 1.82) is 0 Å². The summed E-state index contributed by atoms with van der Waals surface area (Å²) in [5, 5.41) is 3.51. The molecular formula is C13H17BrN2O2S. The highest BCUT2D eigenvalue weighted by Crippen LogP contribution is 2.28. The summed E-state index contributed by atoms with van der Waals surface area (Å²) in [6.07, 6.45) is 4.12. The van der Waals surface area contributed by atoms with Gasteiger partial charge in [0.15, 0.2) is 0 Å². The second-order valence-corrected chi connectivity index (χ2v) is 8.01. The lowest BCUT2D eigenvalue weighted by molar-refractivity contribution is 0.345. The smallest absolute Gasteiger partial charge is 0.240 e. The van der Waals surface area contributed by atoms with Crippen molar-refractivity contribution < 1.29 is 8.42 Å². The number of sulfonamides is 1. The Morgan fingerprint density at radius 2 is 1.89 bits per heavy atom. The van der Waals surface area contributed by atoms with Gasteiger partial charge < -0.3 is 5.32 Å². The molecule has 4 nitrogen and oxygen atoms in total. The maximum Gasteiger partial charge on any atom is 0.240 e. The summed E-state index contributed by atoms with van der Waals surface area (Å²) in [6.45, 7) is 0. The van der Waals surface area contributed by atoms with Crippen LogP contribution in [0.5, 0.6) is 0 Å². The van der Waals surface area contributed by atoms with E-state index in [2.05, 4.69) is 26.0 Å². The van der Waals surface area contributed by atoms with E-state index in [0.29, 0.717) is 17.0 Å². The molecule has 0 aliphatic carbocycles. The van der Waals surface area contributed by atoms with E-state index in [-0.39, 0.29) is 6.04 Å². The average molecular weight is 345 g/mol. The van der Waals surface area contributed by atoms with Gasteiger partial charge in [-0.05, 0) is 43.9 Å². The minimum atomic E-state index is -3.41. The minimum absolute atomic E-state index is 0.0581. The summed E-state index contributed by atoms with van der Waals surface area (Å²) in [6, 6.07) is 7.85. The van der Waals surface area contributed by atoms with Crippen LogP contribution in [0.1, 0.15) is 25.7 Å². The molecule has 3 rings (SSSR count). The fourth-order valence-corrected chi connectivity index (χ4v) is 4.93. The zero-order valence-corrected chi connectivity index (χ0v) is 12.9. The molecule has 2 heterocycles. The maximum absolute atomic E-state index is 12.3. The second-order valence-electron chi connectivity index (χ2n) is 5.38. The normalized spacial score (nSPS) is 30.5. The molecule has 0 saturated carbocycles. The Bertz CT molecular complexity index is 564. The fourth-order valence-electron chi connectivity index (χ4n) is 3.08. The Labute approximate surface area is 122 Å². The van der Waals surface area contributed by atoms with Gasteiger partial charge >= 0.3 is 0 Å². The molecule has 0 radical (unpaired) electrons. The zero-order valence-electron chi connectivity index (χ0n) is 10.5. The van der Waals surface area contributed by atoms with Gasteiger partial charge in [-0.2, -0.15) is 0 Å². The molecule has 19 heavy (non-hydrogen) atoms. The highest BCUT2D eigenvalue weighted by molar-refractivity contribution is 9.10. The van der Waals surface area contributed by atoms with Crippen LogP contribution in [0.2, 0.25) is 0 Å². The molecule has 104 valence electrons. The second kappa shape index (κ2) is 5.16. The molecule has 2 N–H and O–H groups in total. The van der Waals surface area contributed by atoms with Gasteiger partial charge in [-0.1, -0.05) is 22.0 Å². The van der Waals surface area contributed by atoms with E-state index >= 15 is 0 Å².